The minimum absolute atomic E-state index is 0.572. The number of nitrogens with two attached hydrogens (primary N) is 1. The lowest BCUT2D eigenvalue weighted by Gasteiger charge is -2.17. The predicted octanol–water partition coefficient (Wildman–Crippen LogP) is 1.91. The molecule has 1 heteroatoms. The van der Waals surface area contributed by atoms with Crippen LogP contribution in [0.1, 0.15) is 38.5 Å². The van der Waals surface area contributed by atoms with Crippen molar-refractivity contribution in [1.82, 2.24) is 0 Å². The molecule has 0 radical (unpaired) electrons. The molecular weight excluding hydrogens is 122 g/mol. The minimum atomic E-state index is 0.572. The summed E-state index contributed by atoms with van der Waals surface area (Å²) >= 11 is 0. The van der Waals surface area contributed by atoms with Crippen molar-refractivity contribution in [3.63, 3.8) is 0 Å². The van der Waals surface area contributed by atoms with Crippen LogP contribution in [0.15, 0.2) is 0 Å². The van der Waals surface area contributed by atoms with Gasteiger partial charge in [-0.15, -0.1) is 0 Å². The van der Waals surface area contributed by atoms with Gasteiger partial charge in [0.15, 0.2) is 0 Å². The van der Waals surface area contributed by atoms with Gasteiger partial charge in [0.05, 0.1) is 0 Å². The normalized spacial score (nSPS) is 30.9. The Morgan fingerprint density at radius 1 is 0.900 bits per heavy atom. The van der Waals surface area contributed by atoms with Gasteiger partial charge in [-0.05, 0) is 37.5 Å². The zero-order valence-electron chi connectivity index (χ0n) is 6.55. The topological polar surface area (TPSA) is 26.0 Å². The van der Waals surface area contributed by atoms with Crippen molar-refractivity contribution in [3.8, 4) is 0 Å². The molecule has 0 aromatic carbocycles. The first kappa shape index (κ1) is 6.66. The fourth-order valence-electron chi connectivity index (χ4n) is 2.21. The lowest BCUT2D eigenvalue weighted by atomic mass is 9.95. The maximum atomic E-state index is 6.08. The summed E-state index contributed by atoms with van der Waals surface area (Å²) in [5.74, 6) is 1.82. The van der Waals surface area contributed by atoms with E-state index in [0.717, 1.165) is 11.8 Å². The molecule has 0 spiro atoms. The van der Waals surface area contributed by atoms with E-state index in [1.54, 1.807) is 0 Å². The van der Waals surface area contributed by atoms with Crippen LogP contribution in [0.5, 0.6) is 0 Å². The second-order valence-electron chi connectivity index (χ2n) is 3.96. The SMILES string of the molecule is N[C@@H](C1CCCC1)C1CC1. The molecule has 0 aromatic rings. The Kier molecular flexibility index (Phi) is 1.69. The van der Waals surface area contributed by atoms with Crippen LogP contribution in [0.4, 0.5) is 0 Å². The van der Waals surface area contributed by atoms with E-state index >= 15 is 0 Å². The summed E-state index contributed by atoms with van der Waals surface area (Å²) in [5, 5.41) is 0. The van der Waals surface area contributed by atoms with Gasteiger partial charge >= 0.3 is 0 Å². The van der Waals surface area contributed by atoms with Crippen LogP contribution in [-0.4, -0.2) is 6.04 Å². The van der Waals surface area contributed by atoms with E-state index in [2.05, 4.69) is 0 Å². The second-order valence-corrected chi connectivity index (χ2v) is 3.96. The molecule has 1 atom stereocenters. The van der Waals surface area contributed by atoms with Gasteiger partial charge in [0.2, 0.25) is 0 Å². The van der Waals surface area contributed by atoms with Crippen molar-refractivity contribution < 1.29 is 0 Å². The molecule has 0 aliphatic heterocycles. The van der Waals surface area contributed by atoms with Gasteiger partial charge in [-0.3, -0.25) is 0 Å². The Labute approximate surface area is 63.0 Å². The summed E-state index contributed by atoms with van der Waals surface area (Å²) in [6, 6.07) is 0.572. The minimum Gasteiger partial charge on any atom is -0.327 e. The first-order valence-electron chi connectivity index (χ1n) is 4.63. The molecule has 2 saturated carbocycles. The van der Waals surface area contributed by atoms with Crippen molar-refractivity contribution in [2.75, 3.05) is 0 Å². The molecule has 2 N–H and O–H groups in total. The molecule has 2 aliphatic rings. The van der Waals surface area contributed by atoms with E-state index in [1.165, 1.54) is 38.5 Å². The van der Waals surface area contributed by atoms with Crippen molar-refractivity contribution in [1.29, 1.82) is 0 Å². The molecule has 10 heavy (non-hydrogen) atoms. The zero-order valence-corrected chi connectivity index (χ0v) is 6.55. The van der Waals surface area contributed by atoms with E-state index < -0.39 is 0 Å². The van der Waals surface area contributed by atoms with Crippen molar-refractivity contribution >= 4 is 0 Å². The van der Waals surface area contributed by atoms with E-state index in [0.29, 0.717) is 6.04 Å². The number of rotatable bonds is 2. The molecule has 2 rings (SSSR count). The Bertz CT molecular complexity index is 112. The molecule has 2 aliphatic carbocycles. The van der Waals surface area contributed by atoms with Crippen molar-refractivity contribution in [2.45, 2.75) is 44.6 Å². The lowest BCUT2D eigenvalue weighted by Crippen LogP contribution is -2.30. The average molecular weight is 139 g/mol. The van der Waals surface area contributed by atoms with Crippen LogP contribution >= 0.6 is 0 Å². The molecule has 0 aromatic heterocycles. The fraction of sp³-hybridized carbons (Fsp3) is 1.00. The van der Waals surface area contributed by atoms with Gasteiger partial charge in [-0.25, -0.2) is 0 Å². The standard InChI is InChI=1S/C9H17N/c10-9(8-5-6-8)7-3-1-2-4-7/h7-9H,1-6,10H2/t9-/m0/s1. The first-order chi connectivity index (χ1) is 4.88. The lowest BCUT2D eigenvalue weighted by molar-refractivity contribution is 0.395. The summed E-state index contributed by atoms with van der Waals surface area (Å²) in [4.78, 5) is 0. The van der Waals surface area contributed by atoms with Gasteiger partial charge in [0.25, 0.3) is 0 Å². The van der Waals surface area contributed by atoms with E-state index in [4.69, 9.17) is 5.73 Å². The van der Waals surface area contributed by atoms with E-state index in [1.807, 2.05) is 0 Å². The highest BCUT2D eigenvalue weighted by atomic mass is 14.7. The van der Waals surface area contributed by atoms with Gasteiger partial charge in [-0.1, -0.05) is 12.8 Å². The Morgan fingerprint density at radius 2 is 1.40 bits per heavy atom. The second kappa shape index (κ2) is 2.54. The molecule has 0 bridgehead atoms. The third kappa shape index (κ3) is 1.20. The quantitative estimate of drug-likeness (QED) is 0.621. The number of hydrogen-bond acceptors (Lipinski definition) is 1. The number of hydrogen-bond donors (Lipinski definition) is 1. The van der Waals surface area contributed by atoms with Crippen LogP contribution in [0.25, 0.3) is 0 Å². The third-order valence-electron chi connectivity index (χ3n) is 3.11. The third-order valence-corrected chi connectivity index (χ3v) is 3.11. The summed E-state index contributed by atoms with van der Waals surface area (Å²) < 4.78 is 0. The van der Waals surface area contributed by atoms with Crippen molar-refractivity contribution in [3.05, 3.63) is 0 Å². The first-order valence-corrected chi connectivity index (χ1v) is 4.63. The Hall–Kier alpha value is -0.0400. The smallest absolute Gasteiger partial charge is 0.00956 e. The largest absolute Gasteiger partial charge is 0.327 e. The summed E-state index contributed by atoms with van der Waals surface area (Å²) in [5.41, 5.74) is 6.08. The van der Waals surface area contributed by atoms with Crippen LogP contribution < -0.4 is 5.73 Å². The molecule has 0 unspecified atom stereocenters. The fourth-order valence-corrected chi connectivity index (χ4v) is 2.21. The van der Waals surface area contributed by atoms with E-state index in [-0.39, 0.29) is 0 Å². The van der Waals surface area contributed by atoms with Gasteiger partial charge < -0.3 is 5.73 Å². The van der Waals surface area contributed by atoms with E-state index in [9.17, 15) is 0 Å². The van der Waals surface area contributed by atoms with Crippen LogP contribution in [-0.2, 0) is 0 Å². The molecule has 58 valence electrons. The van der Waals surface area contributed by atoms with Crippen molar-refractivity contribution in [2.24, 2.45) is 17.6 Å². The average Bonchev–Trinajstić information content (AvgIpc) is 2.65. The molecule has 0 heterocycles. The summed E-state index contributed by atoms with van der Waals surface area (Å²) in [6.45, 7) is 0. The predicted molar refractivity (Wildman–Crippen MR) is 42.7 cm³/mol. The molecular formula is C9H17N. The monoisotopic (exact) mass is 139 g/mol. The summed E-state index contributed by atoms with van der Waals surface area (Å²) in [7, 11) is 0. The molecule has 1 nitrogen and oxygen atoms in total. The highest BCUT2D eigenvalue weighted by molar-refractivity contribution is 4.90. The summed E-state index contributed by atoms with van der Waals surface area (Å²) in [6.07, 6.45) is 8.53. The maximum absolute atomic E-state index is 6.08. The molecule has 0 amide bonds. The zero-order chi connectivity index (χ0) is 6.97. The van der Waals surface area contributed by atoms with Gasteiger partial charge in [0.1, 0.15) is 0 Å². The van der Waals surface area contributed by atoms with Gasteiger partial charge in [0, 0.05) is 6.04 Å². The van der Waals surface area contributed by atoms with Crippen LogP contribution in [0, 0.1) is 11.8 Å². The van der Waals surface area contributed by atoms with Crippen LogP contribution in [0.3, 0.4) is 0 Å². The Morgan fingerprint density at radius 3 is 1.90 bits per heavy atom. The van der Waals surface area contributed by atoms with Crippen LogP contribution in [0.2, 0.25) is 0 Å². The highest BCUT2D eigenvalue weighted by Crippen LogP contribution is 2.39. The van der Waals surface area contributed by atoms with Gasteiger partial charge in [-0.2, -0.15) is 0 Å². The maximum Gasteiger partial charge on any atom is 0.00956 e. The molecule has 2 fully saturated rings. The Balaban J connectivity index is 1.84. The highest BCUT2D eigenvalue weighted by Gasteiger charge is 2.34. The molecule has 0 saturated heterocycles.